The van der Waals surface area contributed by atoms with Crippen LogP contribution in [-0.2, 0) is 22.6 Å². The molecule has 0 aliphatic carbocycles. The van der Waals surface area contributed by atoms with Crippen LogP contribution >= 0.6 is 0 Å². The minimum atomic E-state index is -0.671. The largest absolute Gasteiger partial charge is 0.497 e. The van der Waals surface area contributed by atoms with Crippen molar-refractivity contribution in [3.05, 3.63) is 95.6 Å². The van der Waals surface area contributed by atoms with E-state index in [4.69, 9.17) is 9.47 Å². The van der Waals surface area contributed by atoms with Crippen LogP contribution in [0.3, 0.4) is 0 Å². The number of benzene rings is 3. The van der Waals surface area contributed by atoms with E-state index >= 15 is 0 Å². The molecule has 3 aromatic carbocycles. The molecule has 190 valence electrons. The predicted octanol–water partition coefficient (Wildman–Crippen LogP) is 4.94. The average molecular weight is 489 g/mol. The molecule has 6 heteroatoms. The normalized spacial score (nSPS) is 11.4. The second-order valence-electron chi connectivity index (χ2n) is 8.76. The molecule has 0 saturated heterocycles. The third-order valence-corrected chi connectivity index (χ3v) is 6.12. The summed E-state index contributed by atoms with van der Waals surface area (Å²) >= 11 is 0. The molecule has 0 fully saturated rings. The Labute approximate surface area is 214 Å². The second-order valence-corrected chi connectivity index (χ2v) is 8.76. The highest BCUT2D eigenvalue weighted by atomic mass is 16.5. The van der Waals surface area contributed by atoms with Gasteiger partial charge in [0.05, 0.1) is 7.11 Å². The number of hydrogen-bond donors (Lipinski definition) is 1. The first-order valence-corrected chi connectivity index (χ1v) is 12.4. The summed E-state index contributed by atoms with van der Waals surface area (Å²) in [7, 11) is 1.60. The molecule has 1 N–H and O–H groups in total. The van der Waals surface area contributed by atoms with Crippen LogP contribution in [0.2, 0.25) is 0 Å². The number of nitrogens with zero attached hydrogens (tertiary/aromatic N) is 1. The Bertz CT molecular complexity index is 1100. The molecule has 0 aliphatic heterocycles. The lowest BCUT2D eigenvalue weighted by Crippen LogP contribution is -2.52. The molecular weight excluding hydrogens is 452 g/mol. The van der Waals surface area contributed by atoms with E-state index in [0.29, 0.717) is 31.0 Å². The van der Waals surface area contributed by atoms with E-state index in [1.807, 2.05) is 61.5 Å². The van der Waals surface area contributed by atoms with E-state index in [9.17, 15) is 9.59 Å². The van der Waals surface area contributed by atoms with Crippen LogP contribution in [0, 0.1) is 6.92 Å². The van der Waals surface area contributed by atoms with Gasteiger partial charge in [-0.25, -0.2) is 0 Å². The van der Waals surface area contributed by atoms with E-state index in [0.717, 1.165) is 29.5 Å². The zero-order valence-corrected chi connectivity index (χ0v) is 21.4. The van der Waals surface area contributed by atoms with E-state index < -0.39 is 6.04 Å². The highest BCUT2D eigenvalue weighted by Crippen LogP contribution is 2.19. The smallest absolute Gasteiger partial charge is 0.261 e. The van der Waals surface area contributed by atoms with Crippen LogP contribution in [0.5, 0.6) is 11.5 Å². The van der Waals surface area contributed by atoms with Gasteiger partial charge in [-0.1, -0.05) is 67.9 Å². The molecule has 2 amide bonds. The number of aryl methyl sites for hydroxylation is 1. The molecule has 0 aromatic heterocycles. The Morgan fingerprint density at radius 1 is 0.917 bits per heavy atom. The molecule has 3 aromatic rings. The lowest BCUT2D eigenvalue weighted by molar-refractivity contribution is -0.142. The third-order valence-electron chi connectivity index (χ3n) is 6.12. The van der Waals surface area contributed by atoms with E-state index in [1.54, 1.807) is 36.3 Å². The monoisotopic (exact) mass is 488 g/mol. The highest BCUT2D eigenvalue weighted by molar-refractivity contribution is 5.88. The van der Waals surface area contributed by atoms with Gasteiger partial charge in [0.2, 0.25) is 5.91 Å². The van der Waals surface area contributed by atoms with E-state index in [1.165, 1.54) is 0 Å². The van der Waals surface area contributed by atoms with Gasteiger partial charge in [0.25, 0.3) is 5.91 Å². The fourth-order valence-electron chi connectivity index (χ4n) is 3.93. The number of unbranched alkanes of at least 4 members (excludes halogenated alkanes) is 1. The van der Waals surface area contributed by atoms with Crippen molar-refractivity contribution < 1.29 is 19.1 Å². The zero-order valence-electron chi connectivity index (χ0n) is 21.4. The third kappa shape index (κ3) is 7.87. The van der Waals surface area contributed by atoms with E-state index in [-0.39, 0.29) is 18.4 Å². The molecule has 0 radical (unpaired) electrons. The molecule has 0 bridgehead atoms. The Kier molecular flexibility index (Phi) is 10.4. The van der Waals surface area contributed by atoms with Crippen LogP contribution in [0.4, 0.5) is 0 Å². The van der Waals surface area contributed by atoms with Gasteiger partial charge in [-0.15, -0.1) is 0 Å². The summed E-state index contributed by atoms with van der Waals surface area (Å²) in [5, 5.41) is 3.04. The van der Waals surface area contributed by atoms with Gasteiger partial charge in [-0.05, 0) is 54.3 Å². The molecule has 3 rings (SSSR count). The number of nitrogens with one attached hydrogen (secondary N) is 1. The summed E-state index contributed by atoms with van der Waals surface area (Å²) in [4.78, 5) is 28.7. The van der Waals surface area contributed by atoms with Crippen LogP contribution in [0.25, 0.3) is 0 Å². The lowest BCUT2D eigenvalue weighted by Gasteiger charge is -2.32. The predicted molar refractivity (Wildman–Crippen MR) is 142 cm³/mol. The number of hydrogen-bond acceptors (Lipinski definition) is 4. The van der Waals surface area contributed by atoms with Crippen LogP contribution in [0.1, 0.15) is 36.5 Å². The zero-order chi connectivity index (χ0) is 25.8. The summed E-state index contributed by atoms with van der Waals surface area (Å²) in [5.41, 5.74) is 3.05. The molecule has 36 heavy (non-hydrogen) atoms. The van der Waals surface area contributed by atoms with E-state index in [2.05, 4.69) is 12.2 Å². The quantitative estimate of drug-likeness (QED) is 0.346. The first-order valence-electron chi connectivity index (χ1n) is 12.4. The number of ether oxygens (including phenoxy) is 2. The number of carbonyl (C=O) groups is 2. The van der Waals surface area contributed by atoms with Gasteiger partial charge in [0.1, 0.15) is 17.5 Å². The summed E-state index contributed by atoms with van der Waals surface area (Å²) in [6.45, 7) is 4.81. The highest BCUT2D eigenvalue weighted by Gasteiger charge is 2.30. The fraction of sp³-hybridized carbons (Fsp3) is 0.333. The Morgan fingerprint density at radius 3 is 2.25 bits per heavy atom. The van der Waals surface area contributed by atoms with Crippen molar-refractivity contribution in [2.24, 2.45) is 0 Å². The van der Waals surface area contributed by atoms with Gasteiger partial charge < -0.3 is 19.7 Å². The topological polar surface area (TPSA) is 67.9 Å². The minimum Gasteiger partial charge on any atom is -0.497 e. The molecule has 6 nitrogen and oxygen atoms in total. The van der Waals surface area contributed by atoms with Gasteiger partial charge in [0, 0.05) is 19.5 Å². The second kappa shape index (κ2) is 13.9. The molecule has 1 atom stereocenters. The maximum atomic E-state index is 13.6. The Morgan fingerprint density at radius 2 is 1.58 bits per heavy atom. The molecule has 0 spiro atoms. The van der Waals surface area contributed by atoms with Crippen molar-refractivity contribution in [2.45, 2.75) is 45.7 Å². The van der Waals surface area contributed by atoms with Crippen molar-refractivity contribution in [3.63, 3.8) is 0 Å². The van der Waals surface area contributed by atoms with Gasteiger partial charge in [-0.2, -0.15) is 0 Å². The van der Waals surface area contributed by atoms with Gasteiger partial charge in [0.15, 0.2) is 6.61 Å². The Balaban J connectivity index is 1.87. The maximum Gasteiger partial charge on any atom is 0.261 e. The lowest BCUT2D eigenvalue weighted by atomic mass is 10.0. The minimum absolute atomic E-state index is 0.154. The molecule has 0 aliphatic rings. The van der Waals surface area contributed by atoms with Crippen molar-refractivity contribution in [1.29, 1.82) is 0 Å². The number of amides is 2. The fourth-order valence-corrected chi connectivity index (χ4v) is 3.93. The van der Waals surface area contributed by atoms with Gasteiger partial charge >= 0.3 is 0 Å². The summed E-state index contributed by atoms with van der Waals surface area (Å²) in [6, 6.07) is 24.1. The Hall–Kier alpha value is -3.80. The van der Waals surface area contributed by atoms with Gasteiger partial charge in [-0.3, -0.25) is 9.59 Å². The van der Waals surface area contributed by atoms with Crippen LogP contribution in [0.15, 0.2) is 78.9 Å². The average Bonchev–Trinajstić information content (AvgIpc) is 2.91. The van der Waals surface area contributed by atoms with Crippen molar-refractivity contribution >= 4 is 11.8 Å². The van der Waals surface area contributed by atoms with Crippen molar-refractivity contribution in [1.82, 2.24) is 10.2 Å². The van der Waals surface area contributed by atoms with Crippen LogP contribution < -0.4 is 14.8 Å². The SMILES string of the molecule is CCCCNC(=O)[C@H](Cc1ccccc1)N(Cc1ccccc1C)C(=O)COc1ccc(OC)cc1. The standard InChI is InChI=1S/C30H36N2O4/c1-4-5-19-31-30(34)28(20-24-12-7-6-8-13-24)32(21-25-14-10-9-11-23(25)2)29(33)22-36-27-17-15-26(35-3)16-18-27/h6-18,28H,4-5,19-22H2,1-3H3,(H,31,34)/t28-/m0/s1. The summed E-state index contributed by atoms with van der Waals surface area (Å²) < 4.78 is 11.0. The summed E-state index contributed by atoms with van der Waals surface area (Å²) in [5.74, 6) is 0.868. The molecule has 0 saturated carbocycles. The molecular formula is C30H36N2O4. The first-order chi connectivity index (χ1) is 17.5. The molecule has 0 heterocycles. The number of rotatable bonds is 13. The number of methoxy groups -OCH3 is 1. The van der Waals surface area contributed by atoms with Crippen molar-refractivity contribution in [3.8, 4) is 11.5 Å². The maximum absolute atomic E-state index is 13.6. The summed E-state index contributed by atoms with van der Waals surface area (Å²) in [6.07, 6.45) is 2.28. The number of carbonyl (C=O) groups excluding carboxylic acids is 2. The molecule has 0 unspecified atom stereocenters. The first kappa shape index (κ1) is 26.8. The van der Waals surface area contributed by atoms with Crippen LogP contribution in [-0.4, -0.2) is 43.0 Å². The van der Waals surface area contributed by atoms with Crippen molar-refractivity contribution in [2.75, 3.05) is 20.3 Å².